The number of amides is 1. The molecule has 18 heavy (non-hydrogen) atoms. The molecule has 3 nitrogen and oxygen atoms in total. The Bertz CT molecular complexity index is 420. The second-order valence-electron chi connectivity index (χ2n) is 4.12. The summed E-state index contributed by atoms with van der Waals surface area (Å²) in [6, 6.07) is 0. The summed E-state index contributed by atoms with van der Waals surface area (Å²) in [6.45, 7) is 4.23. The molecule has 0 aliphatic heterocycles. The van der Waals surface area contributed by atoms with Gasteiger partial charge in [-0.25, -0.2) is 0 Å². The Morgan fingerprint density at radius 1 is 1.28 bits per heavy atom. The SMILES string of the molecule is CCCCCCN([O-])C(=O)c1c(Br)sc(Br)c1C. The van der Waals surface area contributed by atoms with Gasteiger partial charge in [-0.2, -0.15) is 0 Å². The zero-order chi connectivity index (χ0) is 13.7. The molecule has 1 aromatic heterocycles. The predicted octanol–water partition coefficient (Wildman–Crippen LogP) is 5.10. The van der Waals surface area contributed by atoms with Gasteiger partial charge in [-0.15, -0.1) is 11.3 Å². The lowest BCUT2D eigenvalue weighted by Gasteiger charge is -2.28. The lowest BCUT2D eigenvalue weighted by atomic mass is 10.2. The highest BCUT2D eigenvalue weighted by Gasteiger charge is 2.19. The van der Waals surface area contributed by atoms with Crippen LogP contribution in [0.4, 0.5) is 0 Å². The number of hydroxylamine groups is 2. The van der Waals surface area contributed by atoms with Crippen LogP contribution in [0.2, 0.25) is 0 Å². The van der Waals surface area contributed by atoms with Gasteiger partial charge in [0.2, 0.25) is 5.91 Å². The van der Waals surface area contributed by atoms with Gasteiger partial charge in [0.1, 0.15) is 0 Å². The van der Waals surface area contributed by atoms with Crippen LogP contribution in [-0.2, 0) is 0 Å². The molecule has 0 aromatic carbocycles. The van der Waals surface area contributed by atoms with Crippen LogP contribution in [0.3, 0.4) is 0 Å². The molecule has 6 heteroatoms. The molecule has 102 valence electrons. The number of thiophene rings is 1. The van der Waals surface area contributed by atoms with Gasteiger partial charge in [0.15, 0.2) is 0 Å². The van der Waals surface area contributed by atoms with Crippen molar-refractivity contribution in [2.75, 3.05) is 6.54 Å². The summed E-state index contributed by atoms with van der Waals surface area (Å²) >= 11 is 8.13. The van der Waals surface area contributed by atoms with Crippen molar-refractivity contribution in [1.82, 2.24) is 5.06 Å². The van der Waals surface area contributed by atoms with E-state index in [1.807, 2.05) is 6.92 Å². The molecule has 0 aliphatic carbocycles. The van der Waals surface area contributed by atoms with Gasteiger partial charge in [-0.1, -0.05) is 26.2 Å². The molecule has 1 heterocycles. The lowest BCUT2D eigenvalue weighted by molar-refractivity contribution is 0.0819. The number of halogens is 2. The first-order valence-electron chi connectivity index (χ1n) is 5.92. The summed E-state index contributed by atoms with van der Waals surface area (Å²) in [5.41, 5.74) is 1.31. The van der Waals surface area contributed by atoms with E-state index in [1.165, 1.54) is 11.3 Å². The number of unbranched alkanes of at least 4 members (excludes halogenated alkanes) is 3. The number of rotatable bonds is 6. The molecule has 0 saturated heterocycles. The Hall–Kier alpha value is 0.0900. The molecule has 1 rings (SSSR count). The fourth-order valence-corrected chi connectivity index (χ4v) is 4.65. The molecule has 0 radical (unpaired) electrons. The average molecular weight is 398 g/mol. The third kappa shape index (κ3) is 4.05. The quantitative estimate of drug-likeness (QED) is 0.494. The highest BCUT2D eigenvalue weighted by molar-refractivity contribution is 9.12. The summed E-state index contributed by atoms with van der Waals surface area (Å²) in [6.07, 6.45) is 3.99. The lowest BCUT2D eigenvalue weighted by Crippen LogP contribution is -2.26. The first-order valence-corrected chi connectivity index (χ1v) is 8.32. The van der Waals surface area contributed by atoms with E-state index in [0.29, 0.717) is 14.4 Å². The Morgan fingerprint density at radius 3 is 2.44 bits per heavy atom. The van der Waals surface area contributed by atoms with Gasteiger partial charge in [-0.05, 0) is 50.8 Å². The third-order valence-corrected chi connectivity index (χ3v) is 5.53. The molecular weight excluding hydrogens is 382 g/mol. The van der Waals surface area contributed by atoms with Crippen molar-refractivity contribution in [2.24, 2.45) is 0 Å². The molecule has 0 saturated carbocycles. The first kappa shape index (κ1) is 16.1. The Balaban J connectivity index is 2.63. The van der Waals surface area contributed by atoms with Crippen LogP contribution in [0.1, 0.15) is 48.5 Å². The second kappa shape index (κ2) is 7.62. The van der Waals surface area contributed by atoms with Crippen LogP contribution >= 0.6 is 43.2 Å². The van der Waals surface area contributed by atoms with E-state index in [-0.39, 0.29) is 6.54 Å². The molecule has 1 amide bonds. The molecule has 0 bridgehead atoms. The van der Waals surface area contributed by atoms with E-state index < -0.39 is 5.91 Å². The van der Waals surface area contributed by atoms with E-state index in [0.717, 1.165) is 35.0 Å². The molecular formula is C12H16Br2NO2S-. The molecule has 0 atom stereocenters. The largest absolute Gasteiger partial charge is 0.756 e. The van der Waals surface area contributed by atoms with Gasteiger partial charge < -0.3 is 10.3 Å². The highest BCUT2D eigenvalue weighted by Crippen LogP contribution is 2.37. The van der Waals surface area contributed by atoms with Crippen molar-refractivity contribution in [3.05, 3.63) is 23.9 Å². The topological polar surface area (TPSA) is 43.4 Å². The fourth-order valence-electron chi connectivity index (χ4n) is 1.60. The van der Waals surface area contributed by atoms with Gasteiger partial charge in [0.25, 0.3) is 0 Å². The van der Waals surface area contributed by atoms with E-state index in [4.69, 9.17) is 0 Å². The van der Waals surface area contributed by atoms with Gasteiger partial charge >= 0.3 is 0 Å². The van der Waals surface area contributed by atoms with E-state index in [2.05, 4.69) is 38.8 Å². The Morgan fingerprint density at radius 2 is 1.94 bits per heavy atom. The maximum Gasteiger partial charge on any atom is 0.245 e. The number of hydrogen-bond acceptors (Lipinski definition) is 3. The molecule has 0 N–H and O–H groups in total. The third-order valence-electron chi connectivity index (χ3n) is 2.70. The number of nitrogens with zero attached hydrogens (tertiary/aromatic N) is 1. The smallest absolute Gasteiger partial charge is 0.245 e. The van der Waals surface area contributed by atoms with Crippen molar-refractivity contribution in [3.8, 4) is 0 Å². The molecule has 0 fully saturated rings. The summed E-state index contributed by atoms with van der Waals surface area (Å²) in [5.74, 6) is -0.446. The van der Waals surface area contributed by atoms with E-state index in [9.17, 15) is 10.0 Å². The van der Waals surface area contributed by atoms with Crippen molar-refractivity contribution < 1.29 is 4.79 Å². The van der Waals surface area contributed by atoms with Crippen molar-refractivity contribution in [3.63, 3.8) is 0 Å². The molecule has 1 aromatic rings. The van der Waals surface area contributed by atoms with Crippen LogP contribution in [-0.4, -0.2) is 17.5 Å². The normalized spacial score (nSPS) is 10.7. The van der Waals surface area contributed by atoms with E-state index in [1.54, 1.807) is 0 Å². The monoisotopic (exact) mass is 396 g/mol. The van der Waals surface area contributed by atoms with Crippen LogP contribution in [0.25, 0.3) is 0 Å². The predicted molar refractivity (Wildman–Crippen MR) is 83.0 cm³/mol. The summed E-state index contributed by atoms with van der Waals surface area (Å²) in [5, 5.41) is 12.3. The Labute approximate surface area is 128 Å². The minimum atomic E-state index is -0.446. The van der Waals surface area contributed by atoms with Crippen molar-refractivity contribution in [2.45, 2.75) is 39.5 Å². The summed E-state index contributed by atoms with van der Waals surface area (Å²) in [4.78, 5) is 12.0. The molecule has 0 unspecified atom stereocenters. The maximum absolute atomic E-state index is 12.0. The highest BCUT2D eigenvalue weighted by atomic mass is 79.9. The standard InChI is InChI=1S/C12H16Br2NO2S/c1-3-4-5-6-7-15(17)12(16)9-8(2)10(13)18-11(9)14/h3-7H2,1-2H3/q-1. The van der Waals surface area contributed by atoms with Gasteiger partial charge in [-0.3, -0.25) is 4.79 Å². The van der Waals surface area contributed by atoms with Crippen LogP contribution in [0, 0.1) is 12.1 Å². The number of carbonyl (C=O) groups excluding carboxylic acids is 1. The zero-order valence-corrected chi connectivity index (χ0v) is 14.5. The summed E-state index contributed by atoms with van der Waals surface area (Å²) in [7, 11) is 0. The van der Waals surface area contributed by atoms with Gasteiger partial charge in [0, 0.05) is 6.54 Å². The minimum absolute atomic E-state index is 0.276. The Kier molecular flexibility index (Phi) is 6.84. The summed E-state index contributed by atoms with van der Waals surface area (Å²) < 4.78 is 1.60. The number of hydrogen-bond donors (Lipinski definition) is 0. The second-order valence-corrected chi connectivity index (χ2v) is 7.77. The van der Waals surface area contributed by atoms with E-state index >= 15 is 0 Å². The number of carbonyl (C=O) groups is 1. The van der Waals surface area contributed by atoms with Crippen molar-refractivity contribution >= 4 is 49.1 Å². The van der Waals surface area contributed by atoms with Crippen LogP contribution in [0.5, 0.6) is 0 Å². The van der Waals surface area contributed by atoms with Crippen LogP contribution in [0.15, 0.2) is 7.57 Å². The average Bonchev–Trinajstić information content (AvgIpc) is 2.58. The van der Waals surface area contributed by atoms with Gasteiger partial charge in [0.05, 0.1) is 13.1 Å². The molecule has 0 spiro atoms. The zero-order valence-electron chi connectivity index (χ0n) is 10.5. The van der Waals surface area contributed by atoms with Crippen LogP contribution < -0.4 is 0 Å². The maximum atomic E-state index is 12.0. The fraction of sp³-hybridized carbons (Fsp3) is 0.583. The van der Waals surface area contributed by atoms with Crippen molar-refractivity contribution in [1.29, 1.82) is 0 Å². The first-order chi connectivity index (χ1) is 8.49. The minimum Gasteiger partial charge on any atom is -0.756 e. The molecule has 0 aliphatic rings.